The molecule has 0 radical (unpaired) electrons. The van der Waals surface area contributed by atoms with Crippen molar-refractivity contribution in [3.8, 4) is 23.1 Å². The van der Waals surface area contributed by atoms with Crippen LogP contribution in [-0.2, 0) is 11.0 Å². The second-order valence-electron chi connectivity index (χ2n) is 11.0. The zero-order valence-corrected chi connectivity index (χ0v) is 22.9. The molecule has 2 fully saturated rings. The number of hydrogen-bond acceptors (Lipinski definition) is 6. The highest BCUT2D eigenvalue weighted by Crippen LogP contribution is 2.69. The number of benzene rings is 1. The number of hydrogen-bond donors (Lipinski definition) is 2. The van der Waals surface area contributed by atoms with E-state index in [0.29, 0.717) is 35.1 Å². The van der Waals surface area contributed by atoms with Gasteiger partial charge in [0, 0.05) is 36.3 Å². The zero-order chi connectivity index (χ0) is 30.0. The molecule has 4 aromatic rings. The van der Waals surface area contributed by atoms with Crippen LogP contribution in [-0.4, -0.2) is 42.6 Å². The lowest BCUT2D eigenvalue weighted by Gasteiger charge is -2.28. The van der Waals surface area contributed by atoms with E-state index in [-0.39, 0.29) is 40.5 Å². The number of pyridine rings is 1. The third kappa shape index (κ3) is 4.41. The van der Waals surface area contributed by atoms with Gasteiger partial charge < -0.3 is 16.0 Å². The Kier molecular flexibility index (Phi) is 6.22. The van der Waals surface area contributed by atoms with Gasteiger partial charge in [-0.1, -0.05) is 31.9 Å². The lowest BCUT2D eigenvalue weighted by Crippen LogP contribution is -2.35. The van der Waals surface area contributed by atoms with Crippen LogP contribution in [0.25, 0.3) is 16.8 Å². The number of amides is 2. The maximum absolute atomic E-state index is 13.0. The van der Waals surface area contributed by atoms with E-state index in [9.17, 15) is 22.8 Å². The molecule has 6 rings (SSSR count). The Labute approximate surface area is 239 Å². The quantitative estimate of drug-likeness (QED) is 0.338. The van der Waals surface area contributed by atoms with E-state index in [1.54, 1.807) is 36.4 Å². The number of alkyl halides is 3. The molecule has 3 N–H and O–H groups in total. The van der Waals surface area contributed by atoms with Crippen molar-refractivity contribution in [3.63, 3.8) is 0 Å². The number of anilines is 2. The minimum absolute atomic E-state index is 0.0369. The largest absolute Gasteiger partial charge is 0.416 e. The molecule has 1 unspecified atom stereocenters. The first-order chi connectivity index (χ1) is 19.9. The molecule has 1 saturated carbocycles. The van der Waals surface area contributed by atoms with Crippen molar-refractivity contribution >= 4 is 29.0 Å². The van der Waals surface area contributed by atoms with Gasteiger partial charge in [-0.3, -0.25) is 14.0 Å². The number of fused-ring (bicyclic) bond motifs is 2. The smallest absolute Gasteiger partial charge is 0.382 e. The normalized spacial score (nSPS) is 20.5. The van der Waals surface area contributed by atoms with E-state index in [1.807, 2.05) is 4.40 Å². The number of rotatable bonds is 4. The fraction of sp³-hybridized carbons (Fsp3) is 0.300. The van der Waals surface area contributed by atoms with E-state index in [2.05, 4.69) is 41.0 Å². The minimum atomic E-state index is -4.56. The monoisotopic (exact) mass is 573 g/mol. The summed E-state index contributed by atoms with van der Waals surface area (Å²) in [6.07, 6.45) is -0.233. The van der Waals surface area contributed by atoms with Gasteiger partial charge in [0.1, 0.15) is 28.7 Å². The van der Waals surface area contributed by atoms with Crippen LogP contribution in [0, 0.1) is 29.1 Å². The van der Waals surface area contributed by atoms with Crippen LogP contribution in [0.4, 0.5) is 24.8 Å². The summed E-state index contributed by atoms with van der Waals surface area (Å²) < 4.78 is 41.0. The molecule has 214 valence electrons. The second-order valence-corrected chi connectivity index (χ2v) is 11.0. The number of likely N-dealkylation sites (tertiary alicyclic amines) is 1. The topological polar surface area (TPSA) is 119 Å². The maximum Gasteiger partial charge on any atom is 0.416 e. The Balaban J connectivity index is 1.34. The van der Waals surface area contributed by atoms with E-state index in [0.717, 1.165) is 18.3 Å². The van der Waals surface area contributed by atoms with E-state index in [1.165, 1.54) is 12.1 Å². The highest BCUT2D eigenvalue weighted by molar-refractivity contribution is 6.04. The fourth-order valence-corrected chi connectivity index (χ4v) is 6.11. The lowest BCUT2D eigenvalue weighted by atomic mass is 10.0. The zero-order valence-electron chi connectivity index (χ0n) is 22.9. The number of nitrogen functional groups attached to an aromatic ring is 1. The highest BCUT2D eigenvalue weighted by Gasteiger charge is 2.68. The van der Waals surface area contributed by atoms with Crippen LogP contribution in [0.5, 0.6) is 0 Å². The summed E-state index contributed by atoms with van der Waals surface area (Å²) in [7, 11) is 0. The molecular weight excluding hydrogens is 547 g/mol. The second kappa shape index (κ2) is 9.58. The number of carbonyl (C=O) groups excluding carboxylic acids is 2. The number of aromatic nitrogens is 4. The minimum Gasteiger partial charge on any atom is -0.382 e. The van der Waals surface area contributed by atoms with Crippen molar-refractivity contribution in [2.75, 3.05) is 17.6 Å². The summed E-state index contributed by atoms with van der Waals surface area (Å²) in [5.74, 6) is 5.69. The molecule has 0 bridgehead atoms. The van der Waals surface area contributed by atoms with Crippen molar-refractivity contribution in [1.29, 1.82) is 0 Å². The average Bonchev–Trinajstić information content (AvgIpc) is 3.28. The molecule has 0 spiro atoms. The molecule has 3 aromatic heterocycles. The molecule has 12 heteroatoms. The molecule has 4 heterocycles. The van der Waals surface area contributed by atoms with Gasteiger partial charge in [0.15, 0.2) is 0 Å². The van der Waals surface area contributed by atoms with Crippen molar-refractivity contribution in [2.24, 2.45) is 17.3 Å². The van der Waals surface area contributed by atoms with Gasteiger partial charge in [-0.2, -0.15) is 13.2 Å². The van der Waals surface area contributed by atoms with Gasteiger partial charge in [0.2, 0.25) is 0 Å². The summed E-state index contributed by atoms with van der Waals surface area (Å²) in [4.78, 5) is 40.6. The van der Waals surface area contributed by atoms with E-state index < -0.39 is 17.6 Å². The molecule has 9 nitrogen and oxygen atoms in total. The number of piperidine rings is 1. The molecule has 3 atom stereocenters. The maximum atomic E-state index is 13.0. The summed E-state index contributed by atoms with van der Waals surface area (Å²) in [6, 6.07) is 7.72. The van der Waals surface area contributed by atoms with Crippen molar-refractivity contribution in [3.05, 3.63) is 71.9 Å². The van der Waals surface area contributed by atoms with Gasteiger partial charge in [-0.15, -0.1) is 0 Å². The van der Waals surface area contributed by atoms with Gasteiger partial charge in [0.25, 0.3) is 11.8 Å². The molecule has 2 aliphatic rings. The summed E-state index contributed by atoms with van der Waals surface area (Å²) in [5.41, 5.74) is 7.39. The average molecular weight is 574 g/mol. The first kappa shape index (κ1) is 27.3. The molecule has 2 amide bonds. The van der Waals surface area contributed by atoms with Gasteiger partial charge >= 0.3 is 6.18 Å². The number of nitrogens with one attached hydrogen (secondary N) is 1. The standard InChI is InChI=1S/C30H26F3N7O2/c1-4-5-21(41)40-15-19-22(29(19,2)3)24(40)27-38-23(25-26(34)36-12-13-39(25)27)16-6-8-17(9-7-16)28(42)37-20-14-18(10-11-35-20)30(31,32)33/h6-14,19,22,24H,15H2,1-3H3,(H2,34,36)(H,35,37,42)/t19-,22-,24?/m0/s1. The van der Waals surface area contributed by atoms with Crippen LogP contribution < -0.4 is 11.1 Å². The number of nitrogens with two attached hydrogens (primary N) is 1. The van der Waals surface area contributed by atoms with Gasteiger partial charge in [-0.05, 0) is 54.4 Å². The van der Waals surface area contributed by atoms with E-state index >= 15 is 0 Å². The first-order valence-electron chi connectivity index (χ1n) is 13.2. The molecule has 1 aliphatic heterocycles. The first-order valence-corrected chi connectivity index (χ1v) is 13.2. The molecule has 42 heavy (non-hydrogen) atoms. The van der Waals surface area contributed by atoms with Crippen molar-refractivity contribution < 1.29 is 22.8 Å². The Hall–Kier alpha value is -4.92. The number of halogens is 3. The molecule has 1 aliphatic carbocycles. The summed E-state index contributed by atoms with van der Waals surface area (Å²) >= 11 is 0. The van der Waals surface area contributed by atoms with Crippen molar-refractivity contribution in [1.82, 2.24) is 24.3 Å². The van der Waals surface area contributed by atoms with Gasteiger partial charge in [0.05, 0.1) is 11.6 Å². The summed E-state index contributed by atoms with van der Waals surface area (Å²) in [6.45, 7) is 6.59. The van der Waals surface area contributed by atoms with Crippen molar-refractivity contribution in [2.45, 2.75) is 33.0 Å². The number of imidazole rings is 1. The highest BCUT2D eigenvalue weighted by atomic mass is 19.4. The Morgan fingerprint density at radius 2 is 1.86 bits per heavy atom. The summed E-state index contributed by atoms with van der Waals surface area (Å²) in [5, 5.41) is 2.40. The number of carbonyl (C=O) groups is 2. The van der Waals surface area contributed by atoms with Crippen LogP contribution in [0.2, 0.25) is 0 Å². The van der Waals surface area contributed by atoms with Crippen LogP contribution >= 0.6 is 0 Å². The Morgan fingerprint density at radius 3 is 2.55 bits per heavy atom. The van der Waals surface area contributed by atoms with Crippen LogP contribution in [0.15, 0.2) is 55.0 Å². The third-order valence-electron chi connectivity index (χ3n) is 8.33. The third-order valence-corrected chi connectivity index (χ3v) is 8.33. The number of nitrogens with zero attached hydrogens (tertiary/aromatic N) is 5. The molecule has 1 saturated heterocycles. The van der Waals surface area contributed by atoms with Crippen LogP contribution in [0.3, 0.4) is 0 Å². The predicted molar refractivity (Wildman–Crippen MR) is 149 cm³/mol. The molecule has 1 aromatic carbocycles. The predicted octanol–water partition coefficient (Wildman–Crippen LogP) is 4.82. The Bertz CT molecular complexity index is 1800. The van der Waals surface area contributed by atoms with Crippen LogP contribution in [0.1, 0.15) is 48.6 Å². The molecular formula is C30H26F3N7O2. The van der Waals surface area contributed by atoms with Gasteiger partial charge in [-0.25, -0.2) is 15.0 Å². The SMILES string of the molecule is CC#CC(=O)N1C[C@H]2[C@@H](C1c1nc(-c3ccc(C(=O)Nc4cc(C(F)(F)F)ccn4)cc3)c3c(N)nccn13)C2(C)C. The lowest BCUT2D eigenvalue weighted by molar-refractivity contribution is -0.137. The fourth-order valence-electron chi connectivity index (χ4n) is 6.11. The van der Waals surface area contributed by atoms with E-state index in [4.69, 9.17) is 10.7 Å². The Morgan fingerprint density at radius 1 is 1.12 bits per heavy atom.